The van der Waals surface area contributed by atoms with Crippen LogP contribution in [0.5, 0.6) is 5.75 Å². The Bertz CT molecular complexity index is 746. The summed E-state index contributed by atoms with van der Waals surface area (Å²) in [5, 5.41) is 12.6. The van der Waals surface area contributed by atoms with Gasteiger partial charge in [-0.3, -0.25) is 9.69 Å². The van der Waals surface area contributed by atoms with E-state index in [4.69, 9.17) is 0 Å². The average Bonchev–Trinajstić information content (AvgIpc) is 3.06. The molecular formula is C18H25N3O2S. The van der Waals surface area contributed by atoms with E-state index in [1.165, 1.54) is 0 Å². The maximum Gasteiger partial charge on any atom is 0.259 e. The summed E-state index contributed by atoms with van der Waals surface area (Å²) in [6.45, 7) is 8.15. The molecule has 1 N–H and O–H groups in total. The van der Waals surface area contributed by atoms with Crippen molar-refractivity contribution in [3.8, 4) is 5.75 Å². The maximum absolute atomic E-state index is 13.1. The Morgan fingerprint density at radius 3 is 2.58 bits per heavy atom. The van der Waals surface area contributed by atoms with Crippen LogP contribution in [-0.2, 0) is 6.54 Å². The lowest BCUT2D eigenvalue weighted by Gasteiger charge is -2.37. The number of aromatic hydroxyl groups is 1. The van der Waals surface area contributed by atoms with Gasteiger partial charge in [0, 0.05) is 43.3 Å². The molecule has 2 aromatic heterocycles. The van der Waals surface area contributed by atoms with Gasteiger partial charge in [0.15, 0.2) is 0 Å². The van der Waals surface area contributed by atoms with E-state index in [-0.39, 0.29) is 17.4 Å². The van der Waals surface area contributed by atoms with Gasteiger partial charge in [0.1, 0.15) is 5.75 Å². The number of thiophene rings is 1. The molecule has 3 rings (SSSR count). The fourth-order valence-electron chi connectivity index (χ4n) is 3.45. The van der Waals surface area contributed by atoms with Gasteiger partial charge in [-0.25, -0.2) is 0 Å². The van der Waals surface area contributed by atoms with E-state index in [9.17, 15) is 9.90 Å². The van der Waals surface area contributed by atoms with Crippen molar-refractivity contribution >= 4 is 11.3 Å². The molecule has 1 aliphatic rings. The quantitative estimate of drug-likeness (QED) is 0.922. The summed E-state index contributed by atoms with van der Waals surface area (Å²) in [5.74, 6) is 0.111. The van der Waals surface area contributed by atoms with Crippen LogP contribution in [-0.4, -0.2) is 52.7 Å². The highest BCUT2D eigenvalue weighted by atomic mass is 32.1. The van der Waals surface area contributed by atoms with Crippen LogP contribution in [0.4, 0.5) is 0 Å². The van der Waals surface area contributed by atoms with Gasteiger partial charge in [-0.1, -0.05) is 6.07 Å². The highest BCUT2D eigenvalue weighted by Gasteiger charge is 2.31. The molecule has 5 nitrogen and oxygen atoms in total. The summed E-state index contributed by atoms with van der Waals surface area (Å²) >= 11 is 1.64. The second-order valence-electron chi connectivity index (χ2n) is 6.39. The Kier molecular flexibility index (Phi) is 5.08. The number of pyridine rings is 1. The molecule has 1 fully saturated rings. The van der Waals surface area contributed by atoms with Crippen molar-refractivity contribution in [2.24, 2.45) is 0 Å². The first-order valence-electron chi connectivity index (χ1n) is 8.42. The Morgan fingerprint density at radius 2 is 2.00 bits per heavy atom. The molecule has 0 aromatic carbocycles. The summed E-state index contributed by atoms with van der Waals surface area (Å²) in [6.07, 6.45) is 0. The second-order valence-corrected chi connectivity index (χ2v) is 7.37. The van der Waals surface area contributed by atoms with Gasteiger partial charge in [-0.2, -0.15) is 0 Å². The Balaban J connectivity index is 2.12. The second kappa shape index (κ2) is 7.09. The van der Waals surface area contributed by atoms with Crippen molar-refractivity contribution in [3.63, 3.8) is 0 Å². The molecular weight excluding hydrogens is 322 g/mol. The van der Waals surface area contributed by atoms with E-state index < -0.39 is 0 Å². The van der Waals surface area contributed by atoms with E-state index in [1.54, 1.807) is 22.0 Å². The molecule has 0 spiro atoms. The topological polar surface area (TPSA) is 48.7 Å². The van der Waals surface area contributed by atoms with Crippen LogP contribution in [0.15, 0.2) is 28.4 Å². The van der Waals surface area contributed by atoms with Crippen LogP contribution in [0.2, 0.25) is 0 Å². The van der Waals surface area contributed by atoms with E-state index in [0.717, 1.165) is 36.8 Å². The normalized spacial score (nSPS) is 18.0. The molecule has 6 heteroatoms. The van der Waals surface area contributed by atoms with Crippen LogP contribution in [0.3, 0.4) is 0 Å². The fraction of sp³-hybridized carbons (Fsp3) is 0.500. The number of piperazine rings is 1. The van der Waals surface area contributed by atoms with Gasteiger partial charge >= 0.3 is 0 Å². The highest BCUT2D eigenvalue weighted by molar-refractivity contribution is 7.10. The van der Waals surface area contributed by atoms with Crippen molar-refractivity contribution in [2.45, 2.75) is 26.4 Å². The summed E-state index contributed by atoms with van der Waals surface area (Å²) in [5.41, 5.74) is 1.23. The lowest BCUT2D eigenvalue weighted by molar-refractivity contribution is 0.126. The molecule has 0 aliphatic carbocycles. The first-order valence-corrected chi connectivity index (χ1v) is 9.30. The Labute approximate surface area is 146 Å². The van der Waals surface area contributed by atoms with Crippen LogP contribution >= 0.6 is 11.3 Å². The van der Waals surface area contributed by atoms with Gasteiger partial charge < -0.3 is 14.6 Å². The number of nitrogens with zero attached hydrogens (tertiary/aromatic N) is 3. The lowest BCUT2D eigenvalue weighted by atomic mass is 10.0. The van der Waals surface area contributed by atoms with Crippen molar-refractivity contribution in [1.82, 2.24) is 14.4 Å². The molecule has 1 aliphatic heterocycles. The fourth-order valence-corrected chi connectivity index (χ4v) is 4.32. The minimum absolute atomic E-state index is 0.0765. The molecule has 1 saturated heterocycles. The van der Waals surface area contributed by atoms with Gasteiger partial charge in [0.25, 0.3) is 5.56 Å². The van der Waals surface area contributed by atoms with Gasteiger partial charge in [0.05, 0.1) is 11.6 Å². The summed E-state index contributed by atoms with van der Waals surface area (Å²) in [7, 11) is 2.12. The maximum atomic E-state index is 13.1. The molecule has 130 valence electrons. The first kappa shape index (κ1) is 17.2. The first-order chi connectivity index (χ1) is 11.5. The minimum Gasteiger partial charge on any atom is -0.507 e. The number of hydrogen-bond acceptors (Lipinski definition) is 5. The Morgan fingerprint density at radius 1 is 1.29 bits per heavy atom. The molecule has 0 saturated carbocycles. The number of aryl methyl sites for hydroxylation is 1. The Hall–Kier alpha value is -1.63. The van der Waals surface area contributed by atoms with Crippen LogP contribution in [0.1, 0.15) is 29.1 Å². The third kappa shape index (κ3) is 3.14. The van der Waals surface area contributed by atoms with Crippen LogP contribution in [0.25, 0.3) is 0 Å². The van der Waals surface area contributed by atoms with Crippen molar-refractivity contribution in [2.75, 3.05) is 33.2 Å². The van der Waals surface area contributed by atoms with Gasteiger partial charge in [-0.05, 0) is 38.4 Å². The monoisotopic (exact) mass is 347 g/mol. The summed E-state index contributed by atoms with van der Waals surface area (Å²) < 4.78 is 1.74. The van der Waals surface area contributed by atoms with Gasteiger partial charge in [-0.15, -0.1) is 11.3 Å². The van der Waals surface area contributed by atoms with E-state index in [1.807, 2.05) is 25.3 Å². The smallest absolute Gasteiger partial charge is 0.259 e. The number of hydrogen-bond donors (Lipinski definition) is 1. The average molecular weight is 347 g/mol. The van der Waals surface area contributed by atoms with Crippen LogP contribution in [0, 0.1) is 6.92 Å². The van der Waals surface area contributed by atoms with Crippen molar-refractivity contribution < 1.29 is 5.11 Å². The predicted molar refractivity (Wildman–Crippen MR) is 98.0 cm³/mol. The summed E-state index contributed by atoms with van der Waals surface area (Å²) in [6, 6.07) is 5.61. The SMILES string of the molecule is CCn1c(C)cc(O)c(C(c2cccs2)N2CCN(C)CC2)c1=O. The third-order valence-electron chi connectivity index (χ3n) is 4.83. The van der Waals surface area contributed by atoms with E-state index >= 15 is 0 Å². The number of likely N-dealkylation sites (N-methyl/N-ethyl adjacent to an activating group) is 1. The predicted octanol–water partition coefficient (Wildman–Crippen LogP) is 2.28. The standard InChI is InChI=1S/C18H25N3O2S/c1-4-21-13(2)12-14(22)16(18(21)23)17(15-6-5-11-24-15)20-9-7-19(3)8-10-20/h5-6,11-12,17,22H,4,7-10H2,1-3H3. The van der Waals surface area contributed by atoms with Crippen LogP contribution < -0.4 is 5.56 Å². The third-order valence-corrected chi connectivity index (χ3v) is 5.75. The molecule has 2 aromatic rings. The molecule has 1 atom stereocenters. The van der Waals surface area contributed by atoms with E-state index in [2.05, 4.69) is 22.9 Å². The van der Waals surface area contributed by atoms with Crippen molar-refractivity contribution in [1.29, 1.82) is 0 Å². The minimum atomic E-state index is -0.176. The zero-order valence-corrected chi connectivity index (χ0v) is 15.3. The van der Waals surface area contributed by atoms with Crippen molar-refractivity contribution in [3.05, 3.63) is 50.1 Å². The zero-order valence-electron chi connectivity index (χ0n) is 14.5. The number of aromatic nitrogens is 1. The summed E-state index contributed by atoms with van der Waals surface area (Å²) in [4.78, 5) is 18.8. The molecule has 3 heterocycles. The molecule has 1 unspecified atom stereocenters. The molecule has 0 bridgehead atoms. The highest BCUT2D eigenvalue weighted by Crippen LogP contribution is 2.35. The molecule has 0 radical (unpaired) electrons. The molecule has 24 heavy (non-hydrogen) atoms. The number of rotatable bonds is 4. The largest absolute Gasteiger partial charge is 0.507 e. The lowest BCUT2D eigenvalue weighted by Crippen LogP contribution is -2.47. The molecule has 0 amide bonds. The van der Waals surface area contributed by atoms with E-state index in [0.29, 0.717) is 12.1 Å². The van der Waals surface area contributed by atoms with Gasteiger partial charge in [0.2, 0.25) is 0 Å². The zero-order chi connectivity index (χ0) is 17.3.